The third kappa shape index (κ3) is 0.966. The Morgan fingerprint density at radius 1 is 1.58 bits per heavy atom. The van der Waals surface area contributed by atoms with Gasteiger partial charge in [0.1, 0.15) is 0 Å². The van der Waals surface area contributed by atoms with Gasteiger partial charge in [-0.05, 0) is 32.3 Å². The maximum absolute atomic E-state index is 6.18. The highest BCUT2D eigenvalue weighted by molar-refractivity contribution is 5.21. The summed E-state index contributed by atoms with van der Waals surface area (Å²) >= 11 is 0. The second-order valence-corrected chi connectivity index (χ2v) is 3.80. The van der Waals surface area contributed by atoms with Crippen molar-refractivity contribution in [2.45, 2.75) is 31.7 Å². The molecule has 66 valence electrons. The molecule has 3 nitrogen and oxygen atoms in total. The summed E-state index contributed by atoms with van der Waals surface area (Å²) in [5, 5.41) is 4.30. The molecular formula is C9H15N3. The van der Waals surface area contributed by atoms with Crippen LogP contribution in [0.3, 0.4) is 0 Å². The third-order valence-electron chi connectivity index (χ3n) is 2.76. The summed E-state index contributed by atoms with van der Waals surface area (Å²) in [5.41, 5.74) is 8.35. The molecule has 0 aromatic carbocycles. The number of hydrogen-bond donors (Lipinski definition) is 1. The van der Waals surface area contributed by atoms with E-state index in [0.29, 0.717) is 0 Å². The molecule has 1 saturated carbocycles. The van der Waals surface area contributed by atoms with Crippen LogP contribution >= 0.6 is 0 Å². The summed E-state index contributed by atoms with van der Waals surface area (Å²) in [7, 11) is 1.97. The maximum Gasteiger partial charge on any atom is 0.0597 e. The first-order valence-electron chi connectivity index (χ1n) is 4.42. The Kier molecular flexibility index (Phi) is 1.51. The van der Waals surface area contributed by atoms with Gasteiger partial charge in [0.25, 0.3) is 0 Å². The lowest BCUT2D eigenvalue weighted by Gasteiger charge is -2.37. The van der Waals surface area contributed by atoms with Gasteiger partial charge in [-0.3, -0.25) is 4.68 Å². The predicted octanol–water partition coefficient (Wildman–Crippen LogP) is 1.07. The third-order valence-corrected chi connectivity index (χ3v) is 2.76. The molecular weight excluding hydrogens is 150 g/mol. The first kappa shape index (κ1) is 7.80. The number of nitrogens with zero attached hydrogens (tertiary/aromatic N) is 2. The van der Waals surface area contributed by atoms with Gasteiger partial charge in [0.05, 0.1) is 16.9 Å². The van der Waals surface area contributed by atoms with Crippen LogP contribution in [0, 0.1) is 6.92 Å². The van der Waals surface area contributed by atoms with E-state index in [0.717, 1.165) is 18.5 Å². The number of aryl methyl sites for hydroxylation is 2. The van der Waals surface area contributed by atoms with Crippen molar-refractivity contribution in [1.82, 2.24) is 9.78 Å². The average Bonchev–Trinajstić information content (AvgIpc) is 2.25. The normalized spacial score (nSPS) is 20.6. The summed E-state index contributed by atoms with van der Waals surface area (Å²) in [6.45, 7) is 2.01. The molecule has 0 aliphatic heterocycles. The summed E-state index contributed by atoms with van der Waals surface area (Å²) in [4.78, 5) is 0. The Morgan fingerprint density at radius 2 is 2.25 bits per heavy atom. The van der Waals surface area contributed by atoms with Crippen molar-refractivity contribution in [2.24, 2.45) is 12.8 Å². The predicted molar refractivity (Wildman–Crippen MR) is 47.7 cm³/mol. The Balaban J connectivity index is 2.38. The minimum absolute atomic E-state index is 0.0734. The van der Waals surface area contributed by atoms with E-state index in [9.17, 15) is 0 Å². The number of nitrogens with two attached hydrogens (primary N) is 1. The highest BCUT2D eigenvalue weighted by Crippen LogP contribution is 2.38. The van der Waals surface area contributed by atoms with Crippen LogP contribution in [0.5, 0.6) is 0 Å². The Hall–Kier alpha value is -0.830. The quantitative estimate of drug-likeness (QED) is 0.676. The number of hydrogen-bond acceptors (Lipinski definition) is 2. The van der Waals surface area contributed by atoms with Crippen molar-refractivity contribution in [3.05, 3.63) is 17.5 Å². The van der Waals surface area contributed by atoms with Crippen LogP contribution in [0.1, 0.15) is 30.7 Å². The fourth-order valence-corrected chi connectivity index (χ4v) is 1.89. The summed E-state index contributed by atoms with van der Waals surface area (Å²) in [5.74, 6) is 0. The number of rotatable bonds is 1. The largest absolute Gasteiger partial charge is 0.320 e. The molecule has 0 amide bonds. The van der Waals surface area contributed by atoms with Crippen molar-refractivity contribution in [2.75, 3.05) is 0 Å². The van der Waals surface area contributed by atoms with Gasteiger partial charge < -0.3 is 5.73 Å². The van der Waals surface area contributed by atoms with E-state index < -0.39 is 0 Å². The van der Waals surface area contributed by atoms with Gasteiger partial charge in [-0.15, -0.1) is 0 Å². The van der Waals surface area contributed by atoms with Gasteiger partial charge in [-0.2, -0.15) is 5.10 Å². The van der Waals surface area contributed by atoms with Gasteiger partial charge in [0, 0.05) is 7.05 Å². The molecule has 0 atom stereocenters. The molecule has 0 bridgehead atoms. The van der Waals surface area contributed by atoms with Crippen LogP contribution in [0.25, 0.3) is 0 Å². The molecule has 0 unspecified atom stereocenters. The first-order chi connectivity index (χ1) is 5.62. The standard InChI is InChI=1S/C9H15N3/c1-7-6-8(12(2)11-7)9(10)4-3-5-9/h6H,3-5,10H2,1-2H3. The molecule has 0 spiro atoms. The van der Waals surface area contributed by atoms with Gasteiger partial charge in [0.15, 0.2) is 0 Å². The summed E-state index contributed by atoms with van der Waals surface area (Å²) in [6, 6.07) is 2.10. The van der Waals surface area contributed by atoms with Crippen LogP contribution in [0.15, 0.2) is 6.07 Å². The average molecular weight is 165 g/mol. The van der Waals surface area contributed by atoms with Crippen molar-refractivity contribution in [3.8, 4) is 0 Å². The molecule has 2 N–H and O–H groups in total. The van der Waals surface area contributed by atoms with E-state index in [1.54, 1.807) is 0 Å². The Bertz CT molecular complexity index is 297. The minimum atomic E-state index is -0.0734. The maximum atomic E-state index is 6.18. The highest BCUT2D eigenvalue weighted by Gasteiger charge is 2.36. The summed E-state index contributed by atoms with van der Waals surface area (Å²) < 4.78 is 1.91. The zero-order valence-electron chi connectivity index (χ0n) is 7.67. The zero-order valence-corrected chi connectivity index (χ0v) is 7.67. The molecule has 0 radical (unpaired) electrons. The molecule has 0 saturated heterocycles. The molecule has 1 aromatic heterocycles. The van der Waals surface area contributed by atoms with Gasteiger partial charge in [-0.25, -0.2) is 0 Å². The van der Waals surface area contributed by atoms with E-state index in [-0.39, 0.29) is 5.54 Å². The van der Waals surface area contributed by atoms with E-state index >= 15 is 0 Å². The second-order valence-electron chi connectivity index (χ2n) is 3.80. The Morgan fingerprint density at radius 3 is 2.58 bits per heavy atom. The molecule has 12 heavy (non-hydrogen) atoms. The second kappa shape index (κ2) is 2.33. The van der Waals surface area contributed by atoms with Gasteiger partial charge in [0.2, 0.25) is 0 Å². The van der Waals surface area contributed by atoms with Crippen LogP contribution in [0.4, 0.5) is 0 Å². The molecule has 1 aromatic rings. The van der Waals surface area contributed by atoms with Crippen LogP contribution in [-0.2, 0) is 12.6 Å². The molecule has 1 aliphatic carbocycles. The smallest absolute Gasteiger partial charge is 0.0597 e. The van der Waals surface area contributed by atoms with Gasteiger partial charge in [-0.1, -0.05) is 0 Å². The van der Waals surface area contributed by atoms with E-state index in [1.807, 2.05) is 18.7 Å². The fourth-order valence-electron chi connectivity index (χ4n) is 1.89. The summed E-state index contributed by atoms with van der Waals surface area (Å²) in [6.07, 6.45) is 3.46. The molecule has 1 heterocycles. The lowest BCUT2D eigenvalue weighted by molar-refractivity contribution is 0.237. The molecule has 2 rings (SSSR count). The van der Waals surface area contributed by atoms with Crippen LogP contribution in [-0.4, -0.2) is 9.78 Å². The van der Waals surface area contributed by atoms with Crippen molar-refractivity contribution in [1.29, 1.82) is 0 Å². The Labute approximate surface area is 72.6 Å². The lowest BCUT2D eigenvalue weighted by atomic mass is 9.75. The monoisotopic (exact) mass is 165 g/mol. The molecule has 1 fully saturated rings. The minimum Gasteiger partial charge on any atom is -0.320 e. The lowest BCUT2D eigenvalue weighted by Crippen LogP contribution is -2.44. The topological polar surface area (TPSA) is 43.8 Å². The van der Waals surface area contributed by atoms with E-state index in [4.69, 9.17) is 5.73 Å². The number of aromatic nitrogens is 2. The van der Waals surface area contributed by atoms with Crippen LogP contribution < -0.4 is 5.73 Å². The highest BCUT2D eigenvalue weighted by atomic mass is 15.3. The van der Waals surface area contributed by atoms with E-state index in [1.165, 1.54) is 12.1 Å². The molecule has 3 heteroatoms. The SMILES string of the molecule is Cc1cc(C2(N)CCC2)n(C)n1. The van der Waals surface area contributed by atoms with Crippen LogP contribution in [0.2, 0.25) is 0 Å². The zero-order chi connectivity index (χ0) is 8.77. The molecule has 1 aliphatic rings. The van der Waals surface area contributed by atoms with Crippen molar-refractivity contribution in [3.63, 3.8) is 0 Å². The van der Waals surface area contributed by atoms with Crippen molar-refractivity contribution < 1.29 is 0 Å². The van der Waals surface area contributed by atoms with Gasteiger partial charge >= 0.3 is 0 Å². The van der Waals surface area contributed by atoms with Crippen molar-refractivity contribution >= 4 is 0 Å². The fraction of sp³-hybridized carbons (Fsp3) is 0.667. The first-order valence-corrected chi connectivity index (χ1v) is 4.42. The van der Waals surface area contributed by atoms with E-state index in [2.05, 4.69) is 11.2 Å².